The molecular weight excluding hydrogens is 441 g/mol. The molecule has 8 nitrogen and oxygen atoms in total. The van der Waals surface area contributed by atoms with Crippen LogP contribution in [0, 0.1) is 0 Å². The number of carbonyl (C=O) groups is 2. The zero-order valence-electron chi connectivity index (χ0n) is 15.8. The summed E-state index contributed by atoms with van der Waals surface area (Å²) in [6.45, 7) is 0.474. The molecule has 0 radical (unpaired) electrons. The number of carbonyl (C=O) groups excluding carboxylic acids is 1. The number of aromatic nitrogens is 3. The van der Waals surface area contributed by atoms with Gasteiger partial charge >= 0.3 is 5.97 Å². The second kappa shape index (κ2) is 8.63. The van der Waals surface area contributed by atoms with Crippen molar-refractivity contribution in [2.45, 2.75) is 6.54 Å². The summed E-state index contributed by atoms with van der Waals surface area (Å²) in [5.74, 6) is -0.521. The molecule has 0 fully saturated rings. The normalized spacial score (nSPS) is 10.8. The average molecular weight is 456 g/mol. The Morgan fingerprint density at radius 3 is 2.42 bits per heavy atom. The van der Waals surface area contributed by atoms with Gasteiger partial charge in [-0.3, -0.25) is 4.79 Å². The number of rotatable bonds is 6. The van der Waals surface area contributed by atoms with E-state index in [0.717, 1.165) is 5.56 Å². The molecule has 0 bridgehead atoms. The van der Waals surface area contributed by atoms with E-state index in [2.05, 4.69) is 20.7 Å². The van der Waals surface area contributed by atoms with Crippen LogP contribution in [0.25, 0.3) is 5.65 Å². The molecule has 4 aromatic rings. The van der Waals surface area contributed by atoms with Crippen LogP contribution in [-0.2, 0) is 6.54 Å². The van der Waals surface area contributed by atoms with E-state index in [4.69, 9.17) is 28.3 Å². The number of carboxylic acids is 1. The van der Waals surface area contributed by atoms with Gasteiger partial charge < -0.3 is 15.7 Å². The maximum absolute atomic E-state index is 12.5. The minimum atomic E-state index is -1.06. The van der Waals surface area contributed by atoms with Gasteiger partial charge in [0, 0.05) is 12.1 Å². The van der Waals surface area contributed by atoms with Gasteiger partial charge in [-0.15, -0.1) is 5.10 Å². The van der Waals surface area contributed by atoms with Crippen LogP contribution in [0.3, 0.4) is 0 Å². The molecule has 2 heterocycles. The number of anilines is 2. The molecule has 0 aliphatic heterocycles. The van der Waals surface area contributed by atoms with Gasteiger partial charge in [0.2, 0.25) is 0 Å². The zero-order valence-corrected chi connectivity index (χ0v) is 17.4. The van der Waals surface area contributed by atoms with Crippen LogP contribution in [0.2, 0.25) is 10.0 Å². The van der Waals surface area contributed by atoms with Crippen LogP contribution in [-0.4, -0.2) is 31.6 Å². The van der Waals surface area contributed by atoms with Gasteiger partial charge in [-0.25, -0.2) is 9.78 Å². The number of nitrogens with one attached hydrogen (secondary N) is 2. The largest absolute Gasteiger partial charge is 0.478 e. The van der Waals surface area contributed by atoms with Crippen LogP contribution in [0.15, 0.2) is 60.8 Å². The lowest BCUT2D eigenvalue weighted by molar-refractivity contribution is 0.0696. The molecule has 2 aromatic heterocycles. The zero-order chi connectivity index (χ0) is 22.0. The topological polar surface area (TPSA) is 109 Å². The number of carboxylic acid groups (broad SMARTS) is 1. The van der Waals surface area contributed by atoms with Crippen molar-refractivity contribution >= 4 is 52.4 Å². The summed E-state index contributed by atoms with van der Waals surface area (Å²) in [7, 11) is 0. The van der Waals surface area contributed by atoms with E-state index in [0.29, 0.717) is 39.4 Å². The molecule has 10 heteroatoms. The summed E-state index contributed by atoms with van der Waals surface area (Å²) in [6.07, 6.45) is 1.49. The molecule has 156 valence electrons. The Morgan fingerprint density at radius 2 is 1.71 bits per heavy atom. The third-order valence-electron chi connectivity index (χ3n) is 4.46. The molecule has 4 rings (SSSR count). The van der Waals surface area contributed by atoms with Gasteiger partial charge in [0.05, 0.1) is 21.8 Å². The van der Waals surface area contributed by atoms with Crippen molar-refractivity contribution in [3.05, 3.63) is 87.5 Å². The van der Waals surface area contributed by atoms with Crippen molar-refractivity contribution in [1.82, 2.24) is 14.6 Å². The Balaban J connectivity index is 1.50. The van der Waals surface area contributed by atoms with Gasteiger partial charge in [0.25, 0.3) is 5.91 Å². The van der Waals surface area contributed by atoms with Gasteiger partial charge in [-0.1, -0.05) is 29.3 Å². The second-order valence-electron chi connectivity index (χ2n) is 6.57. The fourth-order valence-corrected chi connectivity index (χ4v) is 3.17. The predicted molar refractivity (Wildman–Crippen MR) is 118 cm³/mol. The first-order valence-corrected chi connectivity index (χ1v) is 9.83. The maximum atomic E-state index is 12.5. The lowest BCUT2D eigenvalue weighted by atomic mass is 10.1. The van der Waals surface area contributed by atoms with E-state index in [1.54, 1.807) is 24.3 Å². The summed E-state index contributed by atoms with van der Waals surface area (Å²) in [6, 6.07) is 14.5. The number of hydrogen-bond donors (Lipinski definition) is 3. The molecule has 31 heavy (non-hydrogen) atoms. The van der Waals surface area contributed by atoms with Gasteiger partial charge in [0.15, 0.2) is 11.5 Å². The van der Waals surface area contributed by atoms with E-state index in [1.807, 2.05) is 6.07 Å². The van der Waals surface area contributed by atoms with Crippen LogP contribution >= 0.6 is 23.2 Å². The molecule has 0 saturated carbocycles. The standard InChI is InChI=1S/C21H15Cl2N5O3/c22-15-6-1-12(9-16(15)23)10-24-17-7-8-18-25-11-19(28(18)27-17)26-20(29)13-2-4-14(5-3-13)21(30)31/h1-9,11H,10H2,(H,24,27)(H,26,29)(H,30,31). The van der Waals surface area contributed by atoms with E-state index in [-0.39, 0.29) is 5.56 Å². The highest BCUT2D eigenvalue weighted by molar-refractivity contribution is 6.42. The van der Waals surface area contributed by atoms with E-state index in [9.17, 15) is 9.59 Å². The van der Waals surface area contributed by atoms with Crippen LogP contribution in [0.1, 0.15) is 26.3 Å². The predicted octanol–water partition coefficient (Wildman–Crippen LogP) is 4.60. The number of halogens is 2. The number of nitrogens with zero attached hydrogens (tertiary/aromatic N) is 3. The number of aromatic carboxylic acids is 1. The third-order valence-corrected chi connectivity index (χ3v) is 5.19. The molecule has 0 aliphatic rings. The maximum Gasteiger partial charge on any atom is 0.335 e. The highest BCUT2D eigenvalue weighted by Gasteiger charge is 2.12. The summed E-state index contributed by atoms with van der Waals surface area (Å²) < 4.78 is 1.50. The third kappa shape index (κ3) is 4.60. The van der Waals surface area contributed by atoms with Crippen molar-refractivity contribution in [2.75, 3.05) is 10.6 Å². The molecule has 1 amide bonds. The average Bonchev–Trinajstić information content (AvgIpc) is 3.16. The second-order valence-corrected chi connectivity index (χ2v) is 7.39. The number of amides is 1. The Kier molecular flexibility index (Phi) is 5.75. The van der Waals surface area contributed by atoms with E-state index < -0.39 is 11.9 Å². The fraction of sp³-hybridized carbons (Fsp3) is 0.0476. The number of benzene rings is 2. The van der Waals surface area contributed by atoms with Crippen LogP contribution in [0.4, 0.5) is 11.6 Å². The highest BCUT2D eigenvalue weighted by Crippen LogP contribution is 2.23. The van der Waals surface area contributed by atoms with E-state index in [1.165, 1.54) is 35.0 Å². The lowest BCUT2D eigenvalue weighted by Gasteiger charge is -2.09. The fourth-order valence-electron chi connectivity index (χ4n) is 2.85. The first-order chi connectivity index (χ1) is 14.9. The summed E-state index contributed by atoms with van der Waals surface area (Å²) in [5, 5.41) is 20.3. The smallest absolute Gasteiger partial charge is 0.335 e. The Hall–Kier alpha value is -3.62. The van der Waals surface area contributed by atoms with Gasteiger partial charge in [-0.2, -0.15) is 4.52 Å². The molecule has 0 saturated heterocycles. The quantitative estimate of drug-likeness (QED) is 0.392. The molecule has 0 aliphatic carbocycles. The molecule has 0 atom stereocenters. The minimum absolute atomic E-state index is 0.103. The summed E-state index contributed by atoms with van der Waals surface area (Å²) in [4.78, 5) is 27.7. The van der Waals surface area contributed by atoms with Gasteiger partial charge in [-0.05, 0) is 54.1 Å². The minimum Gasteiger partial charge on any atom is -0.478 e. The van der Waals surface area contributed by atoms with Crippen LogP contribution in [0.5, 0.6) is 0 Å². The van der Waals surface area contributed by atoms with Crippen LogP contribution < -0.4 is 10.6 Å². The lowest BCUT2D eigenvalue weighted by Crippen LogP contribution is -2.14. The molecule has 0 spiro atoms. The number of fused-ring (bicyclic) bond motifs is 1. The first kappa shape index (κ1) is 20.6. The number of hydrogen-bond acceptors (Lipinski definition) is 5. The van der Waals surface area contributed by atoms with Crippen molar-refractivity contribution in [3.8, 4) is 0 Å². The molecular formula is C21H15Cl2N5O3. The summed E-state index contributed by atoms with van der Waals surface area (Å²) in [5.41, 5.74) is 1.90. The SMILES string of the molecule is O=C(O)c1ccc(C(=O)Nc2cnc3ccc(NCc4ccc(Cl)c(Cl)c4)nn23)cc1. The summed E-state index contributed by atoms with van der Waals surface area (Å²) >= 11 is 12.0. The van der Waals surface area contributed by atoms with Gasteiger partial charge in [0.1, 0.15) is 5.82 Å². The molecule has 0 unspecified atom stereocenters. The first-order valence-electron chi connectivity index (χ1n) is 9.08. The van der Waals surface area contributed by atoms with Crippen molar-refractivity contribution in [1.29, 1.82) is 0 Å². The Morgan fingerprint density at radius 1 is 0.968 bits per heavy atom. The number of imidazole rings is 1. The van der Waals surface area contributed by atoms with Crippen molar-refractivity contribution in [3.63, 3.8) is 0 Å². The molecule has 3 N–H and O–H groups in total. The van der Waals surface area contributed by atoms with Crippen molar-refractivity contribution < 1.29 is 14.7 Å². The van der Waals surface area contributed by atoms with E-state index >= 15 is 0 Å². The molecule has 2 aromatic carbocycles. The highest BCUT2D eigenvalue weighted by atomic mass is 35.5. The Labute approximate surface area is 186 Å². The van der Waals surface area contributed by atoms with Crippen molar-refractivity contribution in [2.24, 2.45) is 0 Å². The Bertz CT molecular complexity index is 1290. The monoisotopic (exact) mass is 455 g/mol.